The molecule has 0 spiro atoms. The summed E-state index contributed by atoms with van der Waals surface area (Å²) in [5.74, 6) is 0.525. The molecule has 0 saturated carbocycles. The lowest BCUT2D eigenvalue weighted by Gasteiger charge is -2.09. The molecule has 3 N–H and O–H groups in total. The highest BCUT2D eigenvalue weighted by molar-refractivity contribution is 5.34. The van der Waals surface area contributed by atoms with Crippen LogP contribution in [0.3, 0.4) is 0 Å². The van der Waals surface area contributed by atoms with Gasteiger partial charge >= 0.3 is 0 Å². The number of aliphatic hydroxyl groups is 2. The first-order valence-corrected chi connectivity index (χ1v) is 5.31. The second-order valence-electron chi connectivity index (χ2n) is 3.88. The fourth-order valence-electron chi connectivity index (χ4n) is 1.92. The number of nitrogens with zero attached hydrogens (tertiary/aromatic N) is 3. The number of hydrogen-bond acceptors (Lipinski definition) is 6. The molecule has 0 aromatic carbocycles. The van der Waals surface area contributed by atoms with E-state index in [1.54, 1.807) is 6.20 Å². The van der Waals surface area contributed by atoms with E-state index in [0.29, 0.717) is 5.82 Å². The van der Waals surface area contributed by atoms with E-state index >= 15 is 0 Å². The maximum absolute atomic E-state index is 11.5. The highest BCUT2D eigenvalue weighted by Crippen LogP contribution is 2.33. The Morgan fingerprint density at radius 1 is 1.56 bits per heavy atom. The van der Waals surface area contributed by atoms with E-state index in [1.807, 2.05) is 0 Å². The SMILES string of the molecule is O=c1[nH]ccn2c(C3CC(O)=C(CO)O3)nnc12. The van der Waals surface area contributed by atoms with Gasteiger partial charge in [0.2, 0.25) is 5.65 Å². The van der Waals surface area contributed by atoms with Gasteiger partial charge in [0.05, 0.1) is 6.42 Å². The number of aromatic amines is 1. The Labute approximate surface area is 100 Å². The molecule has 1 unspecified atom stereocenters. The Balaban J connectivity index is 2.03. The standard InChI is InChI=1S/C10H10N4O4/c15-4-7-5(16)3-6(18-7)8-12-13-9-10(17)11-1-2-14(8)9/h1-2,6,15-16H,3-4H2,(H,11,17). The summed E-state index contributed by atoms with van der Waals surface area (Å²) >= 11 is 0. The van der Waals surface area contributed by atoms with Crippen molar-refractivity contribution in [3.63, 3.8) is 0 Å². The minimum atomic E-state index is -0.552. The maximum atomic E-state index is 11.5. The molecule has 0 amide bonds. The molecule has 8 heteroatoms. The molecule has 94 valence electrons. The lowest BCUT2D eigenvalue weighted by atomic mass is 10.2. The second-order valence-corrected chi connectivity index (χ2v) is 3.88. The number of rotatable bonds is 2. The topological polar surface area (TPSA) is 113 Å². The van der Waals surface area contributed by atoms with Crippen LogP contribution >= 0.6 is 0 Å². The molecular weight excluding hydrogens is 240 g/mol. The number of ether oxygens (including phenoxy) is 1. The van der Waals surface area contributed by atoms with Crippen molar-refractivity contribution in [3.05, 3.63) is 40.1 Å². The summed E-state index contributed by atoms with van der Waals surface area (Å²) in [6, 6.07) is 0. The maximum Gasteiger partial charge on any atom is 0.293 e. The van der Waals surface area contributed by atoms with Crippen molar-refractivity contribution in [3.8, 4) is 0 Å². The number of aromatic nitrogens is 4. The average molecular weight is 250 g/mol. The van der Waals surface area contributed by atoms with Crippen molar-refractivity contribution in [1.29, 1.82) is 0 Å². The molecule has 18 heavy (non-hydrogen) atoms. The molecule has 1 atom stereocenters. The fraction of sp³-hybridized carbons (Fsp3) is 0.300. The van der Waals surface area contributed by atoms with E-state index in [2.05, 4.69) is 15.2 Å². The predicted octanol–water partition coefficient (Wildman–Crippen LogP) is -0.359. The molecule has 2 aromatic rings. The predicted molar refractivity (Wildman–Crippen MR) is 58.8 cm³/mol. The normalized spacial score (nSPS) is 19.5. The van der Waals surface area contributed by atoms with Crippen molar-refractivity contribution >= 4 is 5.65 Å². The third-order valence-electron chi connectivity index (χ3n) is 2.78. The van der Waals surface area contributed by atoms with Crippen molar-refractivity contribution < 1.29 is 14.9 Å². The summed E-state index contributed by atoms with van der Waals surface area (Å²) in [4.78, 5) is 14.0. The fourth-order valence-corrected chi connectivity index (χ4v) is 1.92. The molecule has 0 fully saturated rings. The summed E-state index contributed by atoms with van der Waals surface area (Å²) in [7, 11) is 0. The molecule has 3 rings (SSSR count). The number of fused-ring (bicyclic) bond motifs is 1. The highest BCUT2D eigenvalue weighted by atomic mass is 16.5. The van der Waals surface area contributed by atoms with Crippen LogP contribution in [-0.4, -0.2) is 36.4 Å². The summed E-state index contributed by atoms with van der Waals surface area (Å²) < 4.78 is 6.86. The van der Waals surface area contributed by atoms with Gasteiger partial charge in [0.1, 0.15) is 12.4 Å². The average Bonchev–Trinajstić information content (AvgIpc) is 2.93. The van der Waals surface area contributed by atoms with Crippen LogP contribution in [0.5, 0.6) is 0 Å². The van der Waals surface area contributed by atoms with Crippen LogP contribution in [-0.2, 0) is 4.74 Å². The molecule has 0 aliphatic carbocycles. The van der Waals surface area contributed by atoms with Crippen LogP contribution in [0.4, 0.5) is 0 Å². The minimum absolute atomic E-state index is 0.0101. The Kier molecular flexibility index (Phi) is 2.30. The molecule has 2 aromatic heterocycles. The van der Waals surface area contributed by atoms with Gasteiger partial charge in [-0.1, -0.05) is 0 Å². The van der Waals surface area contributed by atoms with E-state index in [4.69, 9.17) is 9.84 Å². The smallest absolute Gasteiger partial charge is 0.293 e. The van der Waals surface area contributed by atoms with Crippen LogP contribution in [0.1, 0.15) is 18.3 Å². The molecule has 0 bridgehead atoms. The van der Waals surface area contributed by atoms with Crippen LogP contribution in [0, 0.1) is 0 Å². The van der Waals surface area contributed by atoms with Gasteiger partial charge in [0.15, 0.2) is 17.7 Å². The largest absolute Gasteiger partial charge is 0.509 e. The molecular formula is C10H10N4O4. The number of hydrogen-bond donors (Lipinski definition) is 3. The van der Waals surface area contributed by atoms with Crippen molar-refractivity contribution in [1.82, 2.24) is 19.6 Å². The highest BCUT2D eigenvalue weighted by Gasteiger charge is 2.30. The van der Waals surface area contributed by atoms with Gasteiger partial charge in [-0.05, 0) is 0 Å². The summed E-state index contributed by atoms with van der Waals surface area (Å²) in [6.07, 6.45) is 2.72. The van der Waals surface area contributed by atoms with E-state index in [9.17, 15) is 9.90 Å². The van der Waals surface area contributed by atoms with E-state index in [0.717, 1.165) is 0 Å². The van der Waals surface area contributed by atoms with Gasteiger partial charge in [-0.2, -0.15) is 0 Å². The van der Waals surface area contributed by atoms with Gasteiger partial charge in [-0.15, -0.1) is 10.2 Å². The Bertz CT molecular complexity index is 686. The molecule has 1 aliphatic heterocycles. The van der Waals surface area contributed by atoms with Gasteiger partial charge in [0, 0.05) is 12.4 Å². The van der Waals surface area contributed by atoms with Gasteiger partial charge < -0.3 is 19.9 Å². The monoisotopic (exact) mass is 250 g/mol. The zero-order chi connectivity index (χ0) is 12.7. The van der Waals surface area contributed by atoms with E-state index < -0.39 is 6.10 Å². The first-order valence-electron chi connectivity index (χ1n) is 5.31. The molecule has 0 radical (unpaired) electrons. The summed E-state index contributed by atoms with van der Waals surface area (Å²) in [5.41, 5.74) is -0.193. The third kappa shape index (κ3) is 1.46. The minimum Gasteiger partial charge on any atom is -0.509 e. The Morgan fingerprint density at radius 2 is 2.39 bits per heavy atom. The van der Waals surface area contributed by atoms with Gasteiger partial charge in [-0.3, -0.25) is 9.20 Å². The second kappa shape index (κ2) is 3.84. The number of aliphatic hydroxyl groups excluding tert-OH is 2. The molecule has 1 aliphatic rings. The third-order valence-corrected chi connectivity index (χ3v) is 2.78. The van der Waals surface area contributed by atoms with E-state index in [1.165, 1.54) is 10.6 Å². The lowest BCUT2D eigenvalue weighted by Crippen LogP contribution is -2.11. The van der Waals surface area contributed by atoms with Crippen LogP contribution in [0.25, 0.3) is 5.65 Å². The molecule has 0 saturated heterocycles. The first kappa shape index (κ1) is 10.8. The first-order chi connectivity index (χ1) is 8.70. The molecule has 8 nitrogen and oxygen atoms in total. The number of nitrogens with one attached hydrogen (secondary N) is 1. The van der Waals surface area contributed by atoms with Crippen LogP contribution in [0.2, 0.25) is 0 Å². The van der Waals surface area contributed by atoms with Crippen LogP contribution < -0.4 is 5.56 Å². The van der Waals surface area contributed by atoms with Crippen LogP contribution in [0.15, 0.2) is 28.7 Å². The lowest BCUT2D eigenvalue weighted by molar-refractivity contribution is 0.107. The molecule has 3 heterocycles. The van der Waals surface area contributed by atoms with Gasteiger partial charge in [-0.25, -0.2) is 0 Å². The zero-order valence-electron chi connectivity index (χ0n) is 9.20. The quantitative estimate of drug-likeness (QED) is 0.671. The Morgan fingerprint density at radius 3 is 3.11 bits per heavy atom. The van der Waals surface area contributed by atoms with Crippen molar-refractivity contribution in [2.75, 3.05) is 6.61 Å². The zero-order valence-corrected chi connectivity index (χ0v) is 9.20. The summed E-state index contributed by atoms with van der Waals surface area (Å²) in [6.45, 7) is -0.375. The number of H-pyrrole nitrogens is 1. The van der Waals surface area contributed by atoms with Crippen molar-refractivity contribution in [2.24, 2.45) is 0 Å². The van der Waals surface area contributed by atoms with Crippen molar-refractivity contribution in [2.45, 2.75) is 12.5 Å². The van der Waals surface area contributed by atoms with E-state index in [-0.39, 0.29) is 35.8 Å². The summed E-state index contributed by atoms with van der Waals surface area (Å²) in [5, 5.41) is 26.2. The Hall–Kier alpha value is -2.35. The van der Waals surface area contributed by atoms with Gasteiger partial charge in [0.25, 0.3) is 5.56 Å².